The van der Waals surface area contributed by atoms with E-state index in [1.807, 2.05) is 0 Å². The number of nitriles is 2. The Labute approximate surface area is 168 Å². The molecular formula is C20H18F6N2S. The van der Waals surface area contributed by atoms with Crippen molar-refractivity contribution in [3.05, 3.63) is 35.4 Å². The smallest absolute Gasteiger partial charge is 0.197 e. The van der Waals surface area contributed by atoms with Gasteiger partial charge in [-0.15, -0.1) is 11.8 Å². The van der Waals surface area contributed by atoms with Crippen molar-refractivity contribution in [2.45, 2.75) is 55.6 Å². The van der Waals surface area contributed by atoms with E-state index in [2.05, 4.69) is 0 Å². The molecule has 1 fully saturated rings. The molecule has 0 amide bonds. The molecule has 0 unspecified atom stereocenters. The summed E-state index contributed by atoms with van der Waals surface area (Å²) in [6, 6.07) is 8.38. The lowest BCUT2D eigenvalue weighted by atomic mass is 9.48. The number of rotatable bonds is 0. The summed E-state index contributed by atoms with van der Waals surface area (Å²) < 4.78 is 84.6. The summed E-state index contributed by atoms with van der Waals surface area (Å²) in [7, 11) is 0. The zero-order valence-corrected chi connectivity index (χ0v) is 16.9. The molecule has 3 rings (SSSR count). The summed E-state index contributed by atoms with van der Waals surface area (Å²) in [5, 5.41) is 19.5. The number of benzene rings is 1. The van der Waals surface area contributed by atoms with Gasteiger partial charge in [0.05, 0.1) is 16.9 Å². The minimum Gasteiger partial charge on any atom is -0.197 e. The molecule has 2 aliphatic rings. The molecular weight excluding hydrogens is 414 g/mol. The van der Waals surface area contributed by atoms with Crippen LogP contribution < -0.4 is 0 Å². The molecule has 9 heteroatoms. The van der Waals surface area contributed by atoms with Crippen LogP contribution in [-0.4, -0.2) is 22.9 Å². The molecule has 29 heavy (non-hydrogen) atoms. The first-order chi connectivity index (χ1) is 13.1. The Bertz CT molecular complexity index is 914. The maximum absolute atomic E-state index is 14.7. The van der Waals surface area contributed by atoms with E-state index >= 15 is 0 Å². The van der Waals surface area contributed by atoms with Crippen molar-refractivity contribution in [1.29, 1.82) is 10.5 Å². The van der Waals surface area contributed by atoms with Crippen LogP contribution in [0.25, 0.3) is 0 Å². The Kier molecular flexibility index (Phi) is 4.24. The molecule has 156 valence electrons. The van der Waals surface area contributed by atoms with Gasteiger partial charge in [-0.3, -0.25) is 0 Å². The lowest BCUT2D eigenvalue weighted by Crippen LogP contribution is -2.71. The fourth-order valence-electron chi connectivity index (χ4n) is 5.92. The molecule has 0 bridgehead atoms. The van der Waals surface area contributed by atoms with Crippen molar-refractivity contribution in [1.82, 2.24) is 0 Å². The lowest BCUT2D eigenvalue weighted by molar-refractivity contribution is -0.309. The molecule has 1 aliphatic carbocycles. The molecule has 1 saturated heterocycles. The van der Waals surface area contributed by atoms with Crippen molar-refractivity contribution in [3.8, 4) is 12.1 Å². The largest absolute Gasteiger partial charge is 0.410 e. The predicted octanol–water partition coefficient (Wildman–Crippen LogP) is 5.89. The van der Waals surface area contributed by atoms with Crippen molar-refractivity contribution in [3.63, 3.8) is 0 Å². The minimum absolute atomic E-state index is 0.455. The minimum atomic E-state index is -5.60. The highest BCUT2D eigenvalue weighted by Crippen LogP contribution is 2.81. The van der Waals surface area contributed by atoms with Gasteiger partial charge in [-0.25, -0.2) is 0 Å². The fraction of sp³-hybridized carbons (Fsp3) is 0.600. The topological polar surface area (TPSA) is 47.6 Å². The Morgan fingerprint density at radius 1 is 0.828 bits per heavy atom. The van der Waals surface area contributed by atoms with Crippen LogP contribution in [-0.2, 0) is 10.8 Å². The van der Waals surface area contributed by atoms with E-state index in [0.29, 0.717) is 22.9 Å². The predicted molar refractivity (Wildman–Crippen MR) is 95.9 cm³/mol. The van der Waals surface area contributed by atoms with Gasteiger partial charge in [-0.1, -0.05) is 52.0 Å². The average molecular weight is 432 g/mol. The number of halogens is 6. The zero-order chi connectivity index (χ0) is 22.3. The second-order valence-electron chi connectivity index (χ2n) is 8.64. The first kappa shape index (κ1) is 21.8. The number of hydrogen-bond acceptors (Lipinski definition) is 3. The van der Waals surface area contributed by atoms with Gasteiger partial charge in [0, 0.05) is 16.6 Å². The highest BCUT2D eigenvalue weighted by Gasteiger charge is 2.93. The summed E-state index contributed by atoms with van der Waals surface area (Å²) in [4.78, 5) is 0. The Hall–Kier alpha value is -1.87. The van der Waals surface area contributed by atoms with Crippen LogP contribution in [0.1, 0.15) is 38.8 Å². The van der Waals surface area contributed by atoms with Gasteiger partial charge in [-0.05, 0) is 11.1 Å². The molecule has 1 aromatic rings. The van der Waals surface area contributed by atoms with Crippen LogP contribution in [0.4, 0.5) is 26.3 Å². The van der Waals surface area contributed by atoms with Crippen molar-refractivity contribution in [2.75, 3.05) is 5.75 Å². The molecule has 2 nitrogen and oxygen atoms in total. The first-order valence-electron chi connectivity index (χ1n) is 8.75. The van der Waals surface area contributed by atoms with Crippen LogP contribution in [0.15, 0.2) is 24.3 Å². The van der Waals surface area contributed by atoms with Crippen LogP contribution in [0.5, 0.6) is 0 Å². The standard InChI is InChI=1S/C20H18F6N2S/c1-14(2)12-7-5-6-8-13(12)15(3,4)18(14)17(10-28,20(24,25)26)16(9-27,11-29-18)19(21,22)23/h5-8H,11H2,1-4H3/t16-,17+/m0/s1. The normalized spacial score (nSPS) is 31.9. The summed E-state index contributed by atoms with van der Waals surface area (Å²) in [5.74, 6) is -1.17. The molecule has 1 aliphatic heterocycles. The molecule has 0 saturated carbocycles. The van der Waals surface area contributed by atoms with Crippen LogP contribution >= 0.6 is 11.8 Å². The summed E-state index contributed by atoms with van der Waals surface area (Å²) in [6.07, 6.45) is -11.2. The summed E-state index contributed by atoms with van der Waals surface area (Å²) in [5.41, 5.74) is -9.92. The molecule has 0 aromatic heterocycles. The first-order valence-corrected chi connectivity index (χ1v) is 9.74. The Morgan fingerprint density at radius 3 is 1.59 bits per heavy atom. The third-order valence-electron chi connectivity index (χ3n) is 6.98. The van der Waals surface area contributed by atoms with Crippen molar-refractivity contribution < 1.29 is 26.3 Å². The van der Waals surface area contributed by atoms with E-state index in [4.69, 9.17) is 0 Å². The highest BCUT2D eigenvalue weighted by atomic mass is 32.2. The van der Waals surface area contributed by atoms with Crippen LogP contribution in [0.2, 0.25) is 0 Å². The molecule has 2 atom stereocenters. The summed E-state index contributed by atoms with van der Waals surface area (Å²) >= 11 is 0.455. The quantitative estimate of drug-likeness (QED) is 0.481. The molecule has 1 aromatic carbocycles. The van der Waals surface area contributed by atoms with Crippen molar-refractivity contribution in [2.24, 2.45) is 10.8 Å². The Balaban J connectivity index is 2.58. The van der Waals surface area contributed by atoms with E-state index in [0.717, 1.165) is 12.1 Å². The van der Waals surface area contributed by atoms with Gasteiger partial charge in [-0.2, -0.15) is 36.9 Å². The van der Waals surface area contributed by atoms with E-state index in [9.17, 15) is 36.9 Å². The Morgan fingerprint density at radius 2 is 1.28 bits per heavy atom. The van der Waals surface area contributed by atoms with E-state index < -0.39 is 44.5 Å². The van der Waals surface area contributed by atoms with Gasteiger partial charge in [0.1, 0.15) is 0 Å². The number of nitrogens with zero attached hydrogens (tertiary/aromatic N) is 2. The average Bonchev–Trinajstić information content (AvgIpc) is 3.01. The van der Waals surface area contributed by atoms with Gasteiger partial charge >= 0.3 is 12.4 Å². The molecule has 1 heterocycles. The fourth-order valence-corrected chi connectivity index (χ4v) is 8.29. The molecule has 0 N–H and O–H groups in total. The third kappa shape index (κ3) is 1.96. The maximum atomic E-state index is 14.7. The number of hydrogen-bond donors (Lipinski definition) is 0. The van der Waals surface area contributed by atoms with E-state index in [1.165, 1.54) is 27.7 Å². The number of alkyl halides is 6. The second kappa shape index (κ2) is 5.63. The monoisotopic (exact) mass is 432 g/mol. The number of fused-ring (bicyclic) bond motifs is 1. The van der Waals surface area contributed by atoms with Crippen LogP contribution in [0.3, 0.4) is 0 Å². The van der Waals surface area contributed by atoms with Crippen LogP contribution in [0, 0.1) is 33.5 Å². The van der Waals surface area contributed by atoms with Gasteiger partial charge in [0.25, 0.3) is 0 Å². The number of thioether (sulfide) groups is 1. The van der Waals surface area contributed by atoms with E-state index in [-0.39, 0.29) is 0 Å². The highest BCUT2D eigenvalue weighted by molar-refractivity contribution is 8.01. The van der Waals surface area contributed by atoms with Gasteiger partial charge in [0.2, 0.25) is 0 Å². The molecule has 1 spiro atoms. The summed E-state index contributed by atoms with van der Waals surface area (Å²) in [6.45, 7) is 5.76. The van der Waals surface area contributed by atoms with Gasteiger partial charge < -0.3 is 0 Å². The molecule has 0 radical (unpaired) electrons. The van der Waals surface area contributed by atoms with Gasteiger partial charge in [0.15, 0.2) is 10.8 Å². The maximum Gasteiger partial charge on any atom is 0.410 e. The lowest BCUT2D eigenvalue weighted by Gasteiger charge is -2.56. The zero-order valence-electron chi connectivity index (χ0n) is 16.1. The third-order valence-corrected chi connectivity index (χ3v) is 9.31. The SMILES string of the molecule is CC1(C)c2ccccc2C(C)(C)C12SC[C@](C#N)(C(F)(F)F)[C@@]2(C#N)C(F)(F)F. The second-order valence-corrected chi connectivity index (χ2v) is 9.83. The van der Waals surface area contributed by atoms with E-state index in [1.54, 1.807) is 24.3 Å². The van der Waals surface area contributed by atoms with Crippen molar-refractivity contribution >= 4 is 11.8 Å².